The molecule has 1 aliphatic carbocycles. The van der Waals surface area contributed by atoms with Crippen LogP contribution in [0.1, 0.15) is 12.0 Å². The first-order valence-corrected chi connectivity index (χ1v) is 9.47. The summed E-state index contributed by atoms with van der Waals surface area (Å²) in [6.45, 7) is 2.54. The predicted octanol–water partition coefficient (Wildman–Crippen LogP) is 2.89. The second kappa shape index (κ2) is 7.80. The third-order valence-corrected chi connectivity index (χ3v) is 5.67. The van der Waals surface area contributed by atoms with E-state index in [0.717, 1.165) is 30.8 Å². The fraction of sp³-hybridized carbons (Fsp3) is 0.333. The number of carbonyl (C=O) groups excluding carboxylic acids is 1. The molecule has 1 aromatic carbocycles. The third-order valence-electron chi connectivity index (χ3n) is 5.67. The quantitative estimate of drug-likeness (QED) is 0.455. The molecule has 0 spiro atoms. The van der Waals surface area contributed by atoms with Gasteiger partial charge in [0.2, 0.25) is 5.91 Å². The Labute approximate surface area is 163 Å². The van der Waals surface area contributed by atoms with E-state index in [1.807, 2.05) is 18.2 Å². The Balaban J connectivity index is 1.20. The number of nitro groups is 1. The number of anilines is 1. The van der Waals surface area contributed by atoms with Gasteiger partial charge in [0.1, 0.15) is 0 Å². The SMILES string of the molecule is O=C(/C=C/c1cccnc1)NCC[C@H]1[C@H]2CN(c3cccc([N+](=O)[O-])c3)C[C@@H]12. The van der Waals surface area contributed by atoms with Crippen LogP contribution in [0, 0.1) is 27.9 Å². The topological polar surface area (TPSA) is 88.4 Å². The Morgan fingerprint density at radius 2 is 2.11 bits per heavy atom. The van der Waals surface area contributed by atoms with Crippen LogP contribution in [0.4, 0.5) is 11.4 Å². The molecule has 4 rings (SSSR count). The van der Waals surface area contributed by atoms with Crippen LogP contribution in [0.2, 0.25) is 0 Å². The molecule has 1 aliphatic heterocycles. The summed E-state index contributed by atoms with van der Waals surface area (Å²) in [7, 11) is 0. The van der Waals surface area contributed by atoms with E-state index >= 15 is 0 Å². The van der Waals surface area contributed by atoms with Gasteiger partial charge >= 0.3 is 0 Å². The van der Waals surface area contributed by atoms with E-state index in [0.29, 0.717) is 24.3 Å². The number of pyridine rings is 1. The van der Waals surface area contributed by atoms with Gasteiger partial charge in [0, 0.05) is 55.9 Å². The summed E-state index contributed by atoms with van der Waals surface area (Å²) in [5, 5.41) is 13.9. The van der Waals surface area contributed by atoms with Gasteiger partial charge in [0.25, 0.3) is 5.69 Å². The van der Waals surface area contributed by atoms with Gasteiger partial charge in [0.15, 0.2) is 0 Å². The number of hydrogen-bond donors (Lipinski definition) is 1. The van der Waals surface area contributed by atoms with Gasteiger partial charge in [-0.25, -0.2) is 0 Å². The van der Waals surface area contributed by atoms with Crippen LogP contribution < -0.4 is 10.2 Å². The molecule has 1 saturated carbocycles. The zero-order valence-electron chi connectivity index (χ0n) is 15.4. The van der Waals surface area contributed by atoms with Gasteiger partial charge in [0.05, 0.1) is 4.92 Å². The molecule has 0 radical (unpaired) electrons. The van der Waals surface area contributed by atoms with Crippen LogP contribution in [0.15, 0.2) is 54.9 Å². The van der Waals surface area contributed by atoms with E-state index < -0.39 is 0 Å². The summed E-state index contributed by atoms with van der Waals surface area (Å²) in [4.78, 5) is 28.7. The number of benzene rings is 1. The standard InChI is InChI=1S/C21H22N4O3/c26-21(7-6-15-3-2-9-22-12-15)23-10-8-18-19-13-24(14-20(18)19)16-4-1-5-17(11-16)25(27)28/h1-7,9,11-12,18-20H,8,10,13-14H2,(H,23,26)/b7-6+/t18-,19+,20-. The molecule has 1 amide bonds. The normalized spacial score (nSPS) is 22.9. The van der Waals surface area contributed by atoms with Crippen LogP contribution in [-0.4, -0.2) is 35.4 Å². The molecule has 3 atom stereocenters. The van der Waals surface area contributed by atoms with Gasteiger partial charge < -0.3 is 10.2 Å². The highest BCUT2D eigenvalue weighted by Crippen LogP contribution is 2.54. The molecular weight excluding hydrogens is 356 g/mol. The number of nitrogens with zero attached hydrogens (tertiary/aromatic N) is 3. The number of nitro benzene ring substituents is 1. The summed E-state index contributed by atoms with van der Waals surface area (Å²) >= 11 is 0. The second-order valence-electron chi connectivity index (χ2n) is 7.37. The van der Waals surface area contributed by atoms with Crippen LogP contribution in [0.25, 0.3) is 6.08 Å². The summed E-state index contributed by atoms with van der Waals surface area (Å²) in [6.07, 6.45) is 7.68. The Hall–Kier alpha value is -3.22. The highest BCUT2D eigenvalue weighted by atomic mass is 16.6. The Kier molecular flexibility index (Phi) is 5.06. The van der Waals surface area contributed by atoms with Crippen molar-refractivity contribution in [3.05, 3.63) is 70.5 Å². The first-order valence-electron chi connectivity index (χ1n) is 9.47. The van der Waals surface area contributed by atoms with Crippen LogP contribution >= 0.6 is 0 Å². The Morgan fingerprint density at radius 3 is 2.82 bits per heavy atom. The largest absolute Gasteiger partial charge is 0.371 e. The number of aromatic nitrogens is 1. The average Bonchev–Trinajstić information content (AvgIpc) is 3.16. The minimum Gasteiger partial charge on any atom is -0.371 e. The fourth-order valence-corrected chi connectivity index (χ4v) is 4.16. The lowest BCUT2D eigenvalue weighted by atomic mass is 10.1. The van der Waals surface area contributed by atoms with Crippen molar-refractivity contribution in [1.29, 1.82) is 0 Å². The zero-order valence-corrected chi connectivity index (χ0v) is 15.4. The molecule has 1 aromatic heterocycles. The van der Waals surface area contributed by atoms with Gasteiger partial charge in [-0.05, 0) is 47.9 Å². The molecule has 7 nitrogen and oxygen atoms in total. The molecule has 1 saturated heterocycles. The fourth-order valence-electron chi connectivity index (χ4n) is 4.16. The number of rotatable bonds is 7. The Bertz CT molecular complexity index is 888. The summed E-state index contributed by atoms with van der Waals surface area (Å²) < 4.78 is 0. The maximum Gasteiger partial charge on any atom is 0.271 e. The highest BCUT2D eigenvalue weighted by molar-refractivity contribution is 5.91. The van der Waals surface area contributed by atoms with E-state index in [1.54, 1.807) is 30.6 Å². The molecule has 2 aromatic rings. The number of carbonyl (C=O) groups is 1. The first kappa shape index (κ1) is 18.2. The smallest absolute Gasteiger partial charge is 0.271 e. The number of nitrogens with one attached hydrogen (secondary N) is 1. The van der Waals surface area contributed by atoms with Gasteiger partial charge in [-0.3, -0.25) is 19.9 Å². The monoisotopic (exact) mass is 378 g/mol. The van der Waals surface area contributed by atoms with E-state index in [2.05, 4.69) is 15.2 Å². The van der Waals surface area contributed by atoms with Gasteiger partial charge in [-0.15, -0.1) is 0 Å². The lowest BCUT2D eigenvalue weighted by molar-refractivity contribution is -0.384. The molecule has 0 bridgehead atoms. The summed E-state index contributed by atoms with van der Waals surface area (Å²) in [5.74, 6) is 1.80. The summed E-state index contributed by atoms with van der Waals surface area (Å²) in [6, 6.07) is 10.6. The minimum absolute atomic E-state index is 0.0899. The Morgan fingerprint density at radius 1 is 1.29 bits per heavy atom. The third kappa shape index (κ3) is 4.03. The van der Waals surface area contributed by atoms with Crippen molar-refractivity contribution in [2.75, 3.05) is 24.5 Å². The number of non-ortho nitro benzene ring substituents is 1. The van der Waals surface area contributed by atoms with Crippen molar-refractivity contribution < 1.29 is 9.72 Å². The van der Waals surface area contributed by atoms with Crippen molar-refractivity contribution in [1.82, 2.24) is 10.3 Å². The number of amides is 1. The van der Waals surface area contributed by atoms with E-state index in [4.69, 9.17) is 0 Å². The molecular formula is C21H22N4O3. The van der Waals surface area contributed by atoms with Gasteiger partial charge in [-0.2, -0.15) is 0 Å². The number of hydrogen-bond acceptors (Lipinski definition) is 5. The lowest BCUT2D eigenvalue weighted by Gasteiger charge is -2.21. The van der Waals surface area contributed by atoms with Crippen LogP contribution in [-0.2, 0) is 4.79 Å². The number of fused-ring (bicyclic) bond motifs is 1. The molecule has 7 heteroatoms. The van der Waals surface area contributed by atoms with Crippen molar-refractivity contribution >= 4 is 23.4 Å². The first-order chi connectivity index (χ1) is 13.6. The predicted molar refractivity (Wildman–Crippen MR) is 107 cm³/mol. The summed E-state index contributed by atoms with van der Waals surface area (Å²) in [5.41, 5.74) is 1.96. The average molecular weight is 378 g/mol. The molecule has 2 heterocycles. The maximum atomic E-state index is 11.9. The van der Waals surface area contributed by atoms with Gasteiger partial charge in [-0.1, -0.05) is 12.1 Å². The van der Waals surface area contributed by atoms with Crippen molar-refractivity contribution in [3.63, 3.8) is 0 Å². The molecule has 2 aliphatic rings. The van der Waals surface area contributed by atoms with Crippen LogP contribution in [0.5, 0.6) is 0 Å². The van der Waals surface area contributed by atoms with Crippen LogP contribution in [0.3, 0.4) is 0 Å². The van der Waals surface area contributed by atoms with E-state index in [1.165, 1.54) is 12.1 Å². The lowest BCUT2D eigenvalue weighted by Crippen LogP contribution is -2.26. The van der Waals surface area contributed by atoms with Crippen molar-refractivity contribution in [2.45, 2.75) is 6.42 Å². The second-order valence-corrected chi connectivity index (χ2v) is 7.37. The highest BCUT2D eigenvalue weighted by Gasteiger charge is 2.54. The van der Waals surface area contributed by atoms with E-state index in [-0.39, 0.29) is 16.5 Å². The molecule has 144 valence electrons. The van der Waals surface area contributed by atoms with Crippen molar-refractivity contribution in [3.8, 4) is 0 Å². The minimum atomic E-state index is -0.353. The number of piperidine rings is 1. The van der Waals surface area contributed by atoms with Crippen molar-refractivity contribution in [2.24, 2.45) is 17.8 Å². The molecule has 0 unspecified atom stereocenters. The maximum absolute atomic E-state index is 11.9. The molecule has 28 heavy (non-hydrogen) atoms. The molecule has 2 fully saturated rings. The van der Waals surface area contributed by atoms with E-state index in [9.17, 15) is 14.9 Å². The molecule has 1 N–H and O–H groups in total. The zero-order chi connectivity index (χ0) is 19.5.